The molecule has 0 saturated carbocycles. The molecule has 0 bridgehead atoms. The molecule has 2 aromatic rings. The molecule has 1 heterocycles. The van der Waals surface area contributed by atoms with E-state index in [-0.39, 0.29) is 5.75 Å². The van der Waals surface area contributed by atoms with Crippen molar-refractivity contribution in [1.82, 2.24) is 4.98 Å². The van der Waals surface area contributed by atoms with E-state index in [9.17, 15) is 13.2 Å². The highest BCUT2D eigenvalue weighted by Crippen LogP contribution is 2.35. The fourth-order valence-electron chi connectivity index (χ4n) is 1.32. The van der Waals surface area contributed by atoms with Crippen molar-refractivity contribution in [2.75, 3.05) is 0 Å². The van der Waals surface area contributed by atoms with Gasteiger partial charge < -0.3 is 9.47 Å². The summed E-state index contributed by atoms with van der Waals surface area (Å²) in [4.78, 5) is 3.85. The topological polar surface area (TPSA) is 31.4 Å². The molecule has 0 N–H and O–H groups in total. The Morgan fingerprint density at radius 2 is 1.74 bits per heavy atom. The molecule has 0 aliphatic heterocycles. The minimum atomic E-state index is -4.77. The van der Waals surface area contributed by atoms with Gasteiger partial charge in [-0.15, -0.1) is 13.2 Å². The molecule has 0 radical (unpaired) electrons. The van der Waals surface area contributed by atoms with Crippen LogP contribution < -0.4 is 9.47 Å². The van der Waals surface area contributed by atoms with E-state index in [4.69, 9.17) is 4.74 Å². The first-order valence-corrected chi connectivity index (χ1v) is 5.86. The lowest BCUT2D eigenvalue weighted by Crippen LogP contribution is -2.17. The summed E-state index contributed by atoms with van der Waals surface area (Å²) >= 11 is 3.19. The Hall–Kier alpha value is -1.76. The van der Waals surface area contributed by atoms with Gasteiger partial charge in [0.2, 0.25) is 0 Å². The molecule has 0 aliphatic rings. The summed E-state index contributed by atoms with van der Waals surface area (Å²) in [5.74, 6) is -0.151. The van der Waals surface area contributed by atoms with Crippen molar-refractivity contribution in [3.05, 3.63) is 47.2 Å². The number of halogens is 4. The van der Waals surface area contributed by atoms with E-state index in [1.807, 2.05) is 0 Å². The van der Waals surface area contributed by atoms with Crippen molar-refractivity contribution >= 4 is 15.9 Å². The van der Waals surface area contributed by atoms with Crippen LogP contribution in [0.4, 0.5) is 13.2 Å². The molecule has 2 rings (SSSR count). The molecule has 0 amide bonds. The summed E-state index contributed by atoms with van der Waals surface area (Å²) in [7, 11) is 0. The number of hydrogen-bond donors (Lipinski definition) is 0. The third kappa shape index (κ3) is 4.13. The molecule has 7 heteroatoms. The Kier molecular flexibility index (Phi) is 3.94. The largest absolute Gasteiger partial charge is 0.573 e. The van der Waals surface area contributed by atoms with E-state index >= 15 is 0 Å². The summed E-state index contributed by atoms with van der Waals surface area (Å²) in [6.07, 6.45) is -1.85. The van der Waals surface area contributed by atoms with Gasteiger partial charge in [-0.1, -0.05) is 12.1 Å². The Labute approximate surface area is 115 Å². The number of para-hydroxylation sites is 2. The lowest BCUT2D eigenvalue weighted by Gasteiger charge is -2.13. The normalized spacial score (nSPS) is 11.2. The maximum absolute atomic E-state index is 12.2. The van der Waals surface area contributed by atoms with Crippen LogP contribution in [0.15, 0.2) is 47.2 Å². The van der Waals surface area contributed by atoms with Crippen LogP contribution in [0.5, 0.6) is 17.2 Å². The smallest absolute Gasteiger partial charge is 0.452 e. The van der Waals surface area contributed by atoms with E-state index < -0.39 is 12.1 Å². The number of ether oxygens (including phenoxy) is 2. The minimum absolute atomic E-state index is 0.0419. The van der Waals surface area contributed by atoms with Crippen molar-refractivity contribution in [3.8, 4) is 17.2 Å². The first kappa shape index (κ1) is 13.7. The van der Waals surface area contributed by atoms with Crippen LogP contribution in [0.1, 0.15) is 0 Å². The number of nitrogens with zero attached hydrogens (tertiary/aromatic N) is 1. The van der Waals surface area contributed by atoms with E-state index in [0.29, 0.717) is 10.2 Å². The zero-order chi connectivity index (χ0) is 13.9. The predicted octanol–water partition coefficient (Wildman–Crippen LogP) is 4.54. The monoisotopic (exact) mass is 333 g/mol. The van der Waals surface area contributed by atoms with Crippen LogP contribution in [0.2, 0.25) is 0 Å². The first-order valence-electron chi connectivity index (χ1n) is 5.07. The van der Waals surface area contributed by atoms with Gasteiger partial charge in [0.05, 0.1) is 6.20 Å². The minimum Gasteiger partial charge on any atom is -0.452 e. The average molecular weight is 334 g/mol. The Morgan fingerprint density at radius 3 is 2.37 bits per heavy atom. The third-order valence-electron chi connectivity index (χ3n) is 1.98. The number of benzene rings is 1. The zero-order valence-corrected chi connectivity index (χ0v) is 10.9. The van der Waals surface area contributed by atoms with Gasteiger partial charge >= 0.3 is 6.36 Å². The van der Waals surface area contributed by atoms with Gasteiger partial charge in [0.25, 0.3) is 0 Å². The average Bonchev–Trinajstić information content (AvgIpc) is 2.30. The summed E-state index contributed by atoms with van der Waals surface area (Å²) in [5, 5.41) is 0. The van der Waals surface area contributed by atoms with Crippen molar-refractivity contribution in [3.63, 3.8) is 0 Å². The van der Waals surface area contributed by atoms with Crippen molar-refractivity contribution in [2.45, 2.75) is 6.36 Å². The molecule has 19 heavy (non-hydrogen) atoms. The lowest BCUT2D eigenvalue weighted by atomic mass is 10.3. The van der Waals surface area contributed by atoms with Crippen LogP contribution in [0, 0.1) is 0 Å². The first-order chi connectivity index (χ1) is 8.94. The van der Waals surface area contributed by atoms with Crippen LogP contribution in [0.3, 0.4) is 0 Å². The van der Waals surface area contributed by atoms with Crippen molar-refractivity contribution in [1.29, 1.82) is 0 Å². The van der Waals surface area contributed by atoms with Crippen molar-refractivity contribution < 1.29 is 22.6 Å². The van der Waals surface area contributed by atoms with Gasteiger partial charge in [-0.3, -0.25) is 4.98 Å². The number of pyridine rings is 1. The van der Waals surface area contributed by atoms with Crippen LogP contribution in [-0.2, 0) is 0 Å². The van der Waals surface area contributed by atoms with Crippen LogP contribution in [0.25, 0.3) is 0 Å². The maximum atomic E-state index is 12.2. The second-order valence-electron chi connectivity index (χ2n) is 3.44. The quantitative estimate of drug-likeness (QED) is 0.826. The Bertz CT molecular complexity index is 575. The Balaban J connectivity index is 2.25. The van der Waals surface area contributed by atoms with Gasteiger partial charge in [0.15, 0.2) is 11.5 Å². The third-order valence-corrected chi connectivity index (χ3v) is 2.42. The fourth-order valence-corrected chi connectivity index (χ4v) is 1.66. The summed E-state index contributed by atoms with van der Waals surface area (Å²) in [6, 6.07) is 7.10. The number of rotatable bonds is 3. The van der Waals surface area contributed by atoms with E-state index in [2.05, 4.69) is 25.7 Å². The molecule has 0 unspecified atom stereocenters. The maximum Gasteiger partial charge on any atom is 0.573 e. The molecule has 0 fully saturated rings. The standard InChI is InChI=1S/C12H7BrF3NO2/c13-8-5-9(7-17-6-8)18-10-3-1-2-4-11(10)19-12(14,15)16/h1-7H. The van der Waals surface area contributed by atoms with Gasteiger partial charge in [0, 0.05) is 10.7 Å². The Morgan fingerprint density at radius 1 is 1.05 bits per heavy atom. The zero-order valence-electron chi connectivity index (χ0n) is 9.32. The van der Waals surface area contributed by atoms with Gasteiger partial charge in [-0.2, -0.15) is 0 Å². The second kappa shape index (κ2) is 5.48. The number of aromatic nitrogens is 1. The van der Waals surface area contributed by atoms with E-state index in [1.165, 1.54) is 30.6 Å². The molecule has 1 aromatic heterocycles. The fraction of sp³-hybridized carbons (Fsp3) is 0.0833. The SMILES string of the molecule is FC(F)(F)Oc1ccccc1Oc1cncc(Br)c1. The molecule has 0 aliphatic carbocycles. The molecule has 3 nitrogen and oxygen atoms in total. The molecular weight excluding hydrogens is 327 g/mol. The van der Waals surface area contributed by atoms with Gasteiger partial charge in [-0.05, 0) is 34.1 Å². The van der Waals surface area contributed by atoms with Crippen molar-refractivity contribution in [2.24, 2.45) is 0 Å². The molecule has 0 saturated heterocycles. The summed E-state index contributed by atoms with van der Waals surface area (Å²) < 4.78 is 46.5. The summed E-state index contributed by atoms with van der Waals surface area (Å²) in [5.41, 5.74) is 0. The molecular formula is C12H7BrF3NO2. The molecule has 0 atom stereocenters. The number of hydrogen-bond acceptors (Lipinski definition) is 3. The molecule has 1 aromatic carbocycles. The van der Waals surface area contributed by atoms with E-state index in [0.717, 1.165) is 0 Å². The molecule has 100 valence electrons. The highest BCUT2D eigenvalue weighted by atomic mass is 79.9. The van der Waals surface area contributed by atoms with E-state index in [1.54, 1.807) is 12.1 Å². The predicted molar refractivity (Wildman–Crippen MR) is 65.1 cm³/mol. The highest BCUT2D eigenvalue weighted by molar-refractivity contribution is 9.10. The highest BCUT2D eigenvalue weighted by Gasteiger charge is 2.32. The van der Waals surface area contributed by atoms with Crippen LogP contribution >= 0.6 is 15.9 Å². The second-order valence-corrected chi connectivity index (χ2v) is 4.35. The van der Waals surface area contributed by atoms with Gasteiger partial charge in [-0.25, -0.2) is 0 Å². The number of alkyl halides is 3. The molecule has 0 spiro atoms. The summed E-state index contributed by atoms with van der Waals surface area (Å²) in [6.45, 7) is 0. The van der Waals surface area contributed by atoms with Crippen LogP contribution in [-0.4, -0.2) is 11.3 Å². The van der Waals surface area contributed by atoms with Gasteiger partial charge in [0.1, 0.15) is 5.75 Å². The lowest BCUT2D eigenvalue weighted by molar-refractivity contribution is -0.275.